The molecule has 0 radical (unpaired) electrons. The summed E-state index contributed by atoms with van der Waals surface area (Å²) in [6.07, 6.45) is 9.24. The monoisotopic (exact) mass is 715 g/mol. The maximum absolute atomic E-state index is 13.8. The summed E-state index contributed by atoms with van der Waals surface area (Å²) in [6.45, 7) is 19.0. The number of hydrogen-bond acceptors (Lipinski definition) is 7. The molecule has 2 aromatic heterocycles. The van der Waals surface area contributed by atoms with E-state index in [9.17, 15) is 19.5 Å². The molecule has 49 heavy (non-hydrogen) atoms. The first kappa shape index (κ1) is 37.2. The molecule has 1 atom stereocenters. The normalized spacial score (nSPS) is 20.0. The van der Waals surface area contributed by atoms with Gasteiger partial charge in [0.2, 0.25) is 0 Å². The van der Waals surface area contributed by atoms with E-state index in [4.69, 9.17) is 14.5 Å². The third-order valence-corrected chi connectivity index (χ3v) is 13.8. The first-order chi connectivity index (χ1) is 23.1. The van der Waals surface area contributed by atoms with Crippen LogP contribution in [0.25, 0.3) is 0 Å². The van der Waals surface area contributed by atoms with E-state index in [-0.39, 0.29) is 30.0 Å². The molecule has 1 N–H and O–H groups in total. The lowest BCUT2D eigenvalue weighted by Gasteiger charge is -2.46. The molecule has 13 nitrogen and oxygen atoms in total. The molecule has 5 rings (SSSR count). The van der Waals surface area contributed by atoms with Gasteiger partial charge in [0, 0.05) is 74.5 Å². The number of nitrogens with zero attached hydrogens (tertiary/aromatic N) is 7. The second-order valence-electron chi connectivity index (χ2n) is 16.6. The van der Waals surface area contributed by atoms with Gasteiger partial charge in [0.15, 0.2) is 0 Å². The number of amides is 3. The summed E-state index contributed by atoms with van der Waals surface area (Å²) in [6, 6.07) is 1.73. The second-order valence-corrected chi connectivity index (χ2v) is 27.9. The van der Waals surface area contributed by atoms with E-state index in [2.05, 4.69) is 44.3 Å². The van der Waals surface area contributed by atoms with Crippen molar-refractivity contribution in [3.8, 4) is 0 Å². The second kappa shape index (κ2) is 15.5. The van der Waals surface area contributed by atoms with Crippen molar-refractivity contribution < 1.29 is 29.0 Å². The number of hydrogen-bond donors (Lipinski definition) is 1. The lowest BCUT2D eigenvalue weighted by atomic mass is 9.71. The van der Waals surface area contributed by atoms with Crippen molar-refractivity contribution in [1.82, 2.24) is 33.8 Å². The van der Waals surface area contributed by atoms with E-state index >= 15 is 0 Å². The summed E-state index contributed by atoms with van der Waals surface area (Å²) in [5, 5.41) is 9.80. The Morgan fingerprint density at radius 2 is 1.37 bits per heavy atom. The van der Waals surface area contributed by atoms with E-state index in [0.717, 1.165) is 50.8 Å². The molecule has 272 valence electrons. The number of imidazole rings is 2. The fourth-order valence-corrected chi connectivity index (χ4v) is 8.50. The first-order valence-corrected chi connectivity index (χ1v) is 25.4. The van der Waals surface area contributed by atoms with E-state index in [0.29, 0.717) is 69.7 Å². The molecule has 0 aliphatic carbocycles. The fourth-order valence-electron chi connectivity index (χ4n) is 6.99. The van der Waals surface area contributed by atoms with Gasteiger partial charge in [-0.1, -0.05) is 39.3 Å². The lowest BCUT2D eigenvalue weighted by Crippen LogP contribution is -2.49. The average Bonchev–Trinajstić information content (AvgIpc) is 3.81. The zero-order chi connectivity index (χ0) is 35.4. The standard InChI is InChI=1S/C34H57N7O6Si2/c1-48(2,3)20-18-46-25-37-22-27(35-24-37)31(42)38-14-9-34(10-15-38)11-16-39(17-12-34)32(43)28-23-40(26-47-19-21-49(4,5)6)30(36-28)29-8-7-13-41(29)33(44)45/h22-24,29H,7-21,25-26H2,1-6H3,(H,44,45). The van der Waals surface area contributed by atoms with Crippen LogP contribution in [0.15, 0.2) is 18.7 Å². The van der Waals surface area contributed by atoms with E-state index in [1.54, 1.807) is 18.7 Å². The van der Waals surface area contributed by atoms with Gasteiger partial charge in [-0.2, -0.15) is 0 Å². The van der Waals surface area contributed by atoms with Crippen molar-refractivity contribution >= 4 is 34.1 Å². The summed E-state index contributed by atoms with van der Waals surface area (Å²) in [4.78, 5) is 53.3. The van der Waals surface area contributed by atoms with Crippen LogP contribution in [-0.2, 0) is 22.9 Å². The molecule has 3 saturated heterocycles. The van der Waals surface area contributed by atoms with Crippen molar-refractivity contribution in [2.75, 3.05) is 45.9 Å². The van der Waals surface area contributed by atoms with Gasteiger partial charge < -0.3 is 33.5 Å². The van der Waals surface area contributed by atoms with Crippen LogP contribution in [0, 0.1) is 5.41 Å². The van der Waals surface area contributed by atoms with Gasteiger partial charge in [-0.05, 0) is 56.0 Å². The van der Waals surface area contributed by atoms with Crippen LogP contribution in [0.2, 0.25) is 51.4 Å². The van der Waals surface area contributed by atoms with Gasteiger partial charge in [-0.3, -0.25) is 14.5 Å². The van der Waals surface area contributed by atoms with Crippen molar-refractivity contribution in [2.45, 2.75) is 109 Å². The highest BCUT2D eigenvalue weighted by Gasteiger charge is 2.41. The van der Waals surface area contributed by atoms with Crippen molar-refractivity contribution in [3.63, 3.8) is 0 Å². The summed E-state index contributed by atoms with van der Waals surface area (Å²) in [5.41, 5.74) is 0.908. The van der Waals surface area contributed by atoms with E-state index < -0.39 is 22.2 Å². The topological polar surface area (TPSA) is 135 Å². The van der Waals surface area contributed by atoms with Gasteiger partial charge in [-0.15, -0.1) is 0 Å². The molecule has 1 unspecified atom stereocenters. The molecule has 0 aromatic carbocycles. The predicted octanol–water partition coefficient (Wildman–Crippen LogP) is 5.68. The van der Waals surface area contributed by atoms with Crippen LogP contribution < -0.4 is 0 Å². The SMILES string of the molecule is C[Si](C)(C)CCOCn1cnc(C(=O)N2CCC3(CC2)CCN(C(=O)c2cn(COCC[Si](C)(C)C)c(C4CCCN4C(=O)O)n2)CC3)c1. The highest BCUT2D eigenvalue weighted by Crippen LogP contribution is 2.42. The quantitative estimate of drug-likeness (QED) is 0.207. The van der Waals surface area contributed by atoms with Crippen molar-refractivity contribution in [1.29, 1.82) is 0 Å². The summed E-state index contributed by atoms with van der Waals surface area (Å²) in [7, 11) is -2.42. The van der Waals surface area contributed by atoms with Gasteiger partial charge >= 0.3 is 6.09 Å². The smallest absolute Gasteiger partial charge is 0.407 e. The highest BCUT2D eigenvalue weighted by atomic mass is 28.3. The molecule has 0 saturated carbocycles. The Labute approximate surface area is 293 Å². The van der Waals surface area contributed by atoms with Gasteiger partial charge in [0.05, 0.1) is 12.4 Å². The van der Waals surface area contributed by atoms with Gasteiger partial charge in [-0.25, -0.2) is 14.8 Å². The molecular formula is C34H57N7O6Si2. The number of likely N-dealkylation sites (tertiary alicyclic amines) is 3. The maximum atomic E-state index is 13.8. The summed E-state index contributed by atoms with van der Waals surface area (Å²) in [5.74, 6) is 0.425. The van der Waals surface area contributed by atoms with Crippen LogP contribution in [-0.4, -0.2) is 119 Å². The predicted molar refractivity (Wildman–Crippen MR) is 192 cm³/mol. The third-order valence-electron chi connectivity index (χ3n) is 10.4. The Balaban J connectivity index is 1.14. The van der Waals surface area contributed by atoms with Crippen LogP contribution in [0.4, 0.5) is 4.79 Å². The number of carboxylic acid groups (broad SMARTS) is 1. The Hall–Kier alpha value is -3.02. The maximum Gasteiger partial charge on any atom is 0.407 e. The summed E-state index contributed by atoms with van der Waals surface area (Å²) < 4.78 is 15.5. The minimum absolute atomic E-state index is 0.0390. The zero-order valence-electron chi connectivity index (χ0n) is 30.4. The minimum Gasteiger partial charge on any atom is -0.465 e. The molecule has 3 fully saturated rings. The molecule has 15 heteroatoms. The minimum atomic E-state index is -1.27. The number of ether oxygens (including phenoxy) is 2. The van der Waals surface area contributed by atoms with Gasteiger partial charge in [0.1, 0.15) is 30.7 Å². The first-order valence-electron chi connectivity index (χ1n) is 18.0. The molecule has 0 bridgehead atoms. The van der Waals surface area contributed by atoms with Gasteiger partial charge in [0.25, 0.3) is 11.8 Å². The largest absolute Gasteiger partial charge is 0.465 e. The van der Waals surface area contributed by atoms with E-state index in [1.807, 2.05) is 18.9 Å². The fraction of sp³-hybridized carbons (Fsp3) is 0.735. The number of carbonyl (C=O) groups excluding carboxylic acids is 2. The van der Waals surface area contributed by atoms with Crippen LogP contribution in [0.3, 0.4) is 0 Å². The Morgan fingerprint density at radius 1 is 0.816 bits per heavy atom. The van der Waals surface area contributed by atoms with Crippen LogP contribution >= 0.6 is 0 Å². The number of piperidine rings is 2. The van der Waals surface area contributed by atoms with E-state index in [1.165, 1.54) is 4.90 Å². The third kappa shape index (κ3) is 9.82. The summed E-state index contributed by atoms with van der Waals surface area (Å²) >= 11 is 0. The Morgan fingerprint density at radius 3 is 1.92 bits per heavy atom. The van der Waals surface area contributed by atoms with Crippen molar-refractivity contribution in [3.05, 3.63) is 35.9 Å². The molecule has 5 heterocycles. The molecule has 3 aliphatic rings. The Kier molecular flexibility index (Phi) is 11.8. The zero-order valence-corrected chi connectivity index (χ0v) is 32.4. The Bertz CT molecular complexity index is 1450. The number of aromatic nitrogens is 4. The lowest BCUT2D eigenvalue weighted by molar-refractivity contribution is 0.0276. The molecule has 1 spiro atoms. The molecule has 3 aliphatic heterocycles. The van der Waals surface area contributed by atoms with Crippen LogP contribution in [0.1, 0.15) is 71.4 Å². The molecular weight excluding hydrogens is 659 g/mol. The number of rotatable bonds is 13. The molecule has 2 aromatic rings. The van der Waals surface area contributed by atoms with Crippen molar-refractivity contribution in [2.24, 2.45) is 5.41 Å². The van der Waals surface area contributed by atoms with Crippen LogP contribution in [0.5, 0.6) is 0 Å². The average molecular weight is 716 g/mol. The number of carbonyl (C=O) groups is 3. The molecule has 3 amide bonds. The highest BCUT2D eigenvalue weighted by molar-refractivity contribution is 6.76.